The van der Waals surface area contributed by atoms with Gasteiger partial charge in [0.1, 0.15) is 0 Å². The molecule has 1 atom stereocenters. The SMILES string of the molecule is C[C@@H](NC(=O)COC(=O)C1CCCC1)c1ccccc1. The Kier molecular flexibility index (Phi) is 5.16. The summed E-state index contributed by atoms with van der Waals surface area (Å²) in [6.45, 7) is 1.72. The van der Waals surface area contributed by atoms with Crippen molar-refractivity contribution in [2.45, 2.75) is 38.6 Å². The van der Waals surface area contributed by atoms with Crippen molar-refractivity contribution in [3.63, 3.8) is 0 Å². The van der Waals surface area contributed by atoms with Gasteiger partial charge in [-0.25, -0.2) is 0 Å². The zero-order valence-electron chi connectivity index (χ0n) is 11.8. The van der Waals surface area contributed by atoms with Crippen LogP contribution in [0.5, 0.6) is 0 Å². The van der Waals surface area contributed by atoms with Crippen molar-refractivity contribution in [2.24, 2.45) is 5.92 Å². The van der Waals surface area contributed by atoms with Crippen molar-refractivity contribution in [1.82, 2.24) is 5.32 Å². The third-order valence-electron chi connectivity index (χ3n) is 3.71. The molecule has 0 aromatic heterocycles. The molecule has 0 heterocycles. The van der Waals surface area contributed by atoms with E-state index in [0.717, 1.165) is 31.2 Å². The zero-order valence-corrected chi connectivity index (χ0v) is 11.8. The number of benzene rings is 1. The Morgan fingerprint density at radius 2 is 1.90 bits per heavy atom. The van der Waals surface area contributed by atoms with Crippen molar-refractivity contribution in [2.75, 3.05) is 6.61 Å². The Hall–Kier alpha value is -1.84. The molecule has 20 heavy (non-hydrogen) atoms. The summed E-state index contributed by atoms with van der Waals surface area (Å²) in [7, 11) is 0. The fourth-order valence-corrected chi connectivity index (χ4v) is 2.52. The number of carbonyl (C=O) groups excluding carboxylic acids is 2. The predicted octanol–water partition coefficient (Wildman–Crippen LogP) is 2.60. The number of ether oxygens (including phenoxy) is 1. The summed E-state index contributed by atoms with van der Waals surface area (Å²) in [5.74, 6) is -0.493. The van der Waals surface area contributed by atoms with E-state index >= 15 is 0 Å². The lowest BCUT2D eigenvalue weighted by Gasteiger charge is -2.15. The summed E-state index contributed by atoms with van der Waals surface area (Å²) in [5.41, 5.74) is 1.03. The fraction of sp³-hybridized carbons (Fsp3) is 0.500. The number of carbonyl (C=O) groups is 2. The summed E-state index contributed by atoms with van der Waals surface area (Å²) in [6.07, 6.45) is 3.94. The molecule has 1 amide bonds. The molecule has 0 radical (unpaired) electrons. The van der Waals surface area contributed by atoms with Crippen molar-refractivity contribution >= 4 is 11.9 Å². The second-order valence-corrected chi connectivity index (χ2v) is 5.29. The minimum absolute atomic E-state index is 0.00523. The number of amides is 1. The van der Waals surface area contributed by atoms with E-state index in [1.807, 2.05) is 37.3 Å². The maximum Gasteiger partial charge on any atom is 0.309 e. The number of rotatable bonds is 5. The Bertz CT molecular complexity index is 452. The number of hydrogen-bond donors (Lipinski definition) is 1. The van der Waals surface area contributed by atoms with Crippen LogP contribution >= 0.6 is 0 Å². The van der Waals surface area contributed by atoms with Crippen LogP contribution in [-0.2, 0) is 14.3 Å². The zero-order chi connectivity index (χ0) is 14.4. The fourth-order valence-electron chi connectivity index (χ4n) is 2.52. The van der Waals surface area contributed by atoms with Gasteiger partial charge in [0.2, 0.25) is 0 Å². The van der Waals surface area contributed by atoms with Crippen LogP contribution in [-0.4, -0.2) is 18.5 Å². The molecule has 0 bridgehead atoms. The molecule has 1 fully saturated rings. The highest BCUT2D eigenvalue weighted by molar-refractivity contribution is 5.81. The van der Waals surface area contributed by atoms with Gasteiger partial charge in [-0.2, -0.15) is 0 Å². The molecule has 108 valence electrons. The Balaban J connectivity index is 1.73. The first kappa shape index (κ1) is 14.6. The smallest absolute Gasteiger partial charge is 0.309 e. The molecule has 0 unspecified atom stereocenters. The highest BCUT2D eigenvalue weighted by Gasteiger charge is 2.24. The molecule has 0 aliphatic heterocycles. The van der Waals surface area contributed by atoms with Gasteiger partial charge in [-0.15, -0.1) is 0 Å². The van der Waals surface area contributed by atoms with Crippen LogP contribution in [0.25, 0.3) is 0 Å². The highest BCUT2D eigenvalue weighted by Crippen LogP contribution is 2.25. The van der Waals surface area contributed by atoms with E-state index < -0.39 is 0 Å². The summed E-state index contributed by atoms with van der Waals surface area (Å²) in [6, 6.07) is 9.61. The monoisotopic (exact) mass is 275 g/mol. The molecule has 4 heteroatoms. The van der Waals surface area contributed by atoms with Crippen molar-refractivity contribution in [3.05, 3.63) is 35.9 Å². The predicted molar refractivity (Wildman–Crippen MR) is 75.9 cm³/mol. The van der Waals surface area contributed by atoms with E-state index in [-0.39, 0.29) is 30.4 Å². The molecule has 1 aromatic carbocycles. The van der Waals surface area contributed by atoms with Crippen LogP contribution in [0.15, 0.2) is 30.3 Å². The lowest BCUT2D eigenvalue weighted by Crippen LogP contribution is -2.32. The minimum Gasteiger partial charge on any atom is -0.455 e. The van der Waals surface area contributed by atoms with Crippen molar-refractivity contribution in [1.29, 1.82) is 0 Å². The average molecular weight is 275 g/mol. The van der Waals surface area contributed by atoms with E-state index in [1.54, 1.807) is 0 Å². The Morgan fingerprint density at radius 3 is 2.55 bits per heavy atom. The molecule has 1 saturated carbocycles. The van der Waals surface area contributed by atoms with Crippen LogP contribution in [0, 0.1) is 5.92 Å². The van der Waals surface area contributed by atoms with Gasteiger partial charge in [0.05, 0.1) is 12.0 Å². The first-order chi connectivity index (χ1) is 9.66. The summed E-state index contributed by atoms with van der Waals surface area (Å²) in [4.78, 5) is 23.5. The van der Waals surface area contributed by atoms with Crippen LogP contribution in [0.4, 0.5) is 0 Å². The van der Waals surface area contributed by atoms with Gasteiger partial charge in [-0.3, -0.25) is 9.59 Å². The van der Waals surface area contributed by atoms with Crippen LogP contribution in [0.1, 0.15) is 44.2 Å². The van der Waals surface area contributed by atoms with Crippen LogP contribution in [0.2, 0.25) is 0 Å². The maximum atomic E-state index is 11.8. The Morgan fingerprint density at radius 1 is 1.25 bits per heavy atom. The van der Waals surface area contributed by atoms with Gasteiger partial charge in [0.15, 0.2) is 6.61 Å². The molecule has 2 rings (SSSR count). The standard InChI is InChI=1S/C16H21NO3/c1-12(13-7-3-2-4-8-13)17-15(18)11-20-16(19)14-9-5-6-10-14/h2-4,7-8,12,14H,5-6,9-11H2,1H3,(H,17,18)/t12-/m1/s1. The van der Waals surface area contributed by atoms with E-state index in [2.05, 4.69) is 5.32 Å². The lowest BCUT2D eigenvalue weighted by molar-refractivity contribution is -0.152. The van der Waals surface area contributed by atoms with Gasteiger partial charge in [0, 0.05) is 0 Å². The maximum absolute atomic E-state index is 11.8. The molecule has 1 aliphatic rings. The van der Waals surface area contributed by atoms with Gasteiger partial charge < -0.3 is 10.1 Å². The quantitative estimate of drug-likeness (QED) is 0.840. The topological polar surface area (TPSA) is 55.4 Å². The van der Waals surface area contributed by atoms with Crippen molar-refractivity contribution < 1.29 is 14.3 Å². The molecule has 1 aliphatic carbocycles. The lowest BCUT2D eigenvalue weighted by atomic mass is 10.1. The van der Waals surface area contributed by atoms with Crippen LogP contribution in [0.3, 0.4) is 0 Å². The largest absolute Gasteiger partial charge is 0.455 e. The highest BCUT2D eigenvalue weighted by atomic mass is 16.5. The second kappa shape index (κ2) is 7.08. The first-order valence-corrected chi connectivity index (χ1v) is 7.18. The van der Waals surface area contributed by atoms with E-state index in [0.29, 0.717) is 0 Å². The third-order valence-corrected chi connectivity index (χ3v) is 3.71. The van der Waals surface area contributed by atoms with Gasteiger partial charge in [-0.1, -0.05) is 43.2 Å². The Labute approximate surface area is 119 Å². The van der Waals surface area contributed by atoms with E-state index in [9.17, 15) is 9.59 Å². The molecule has 0 spiro atoms. The molecule has 1 aromatic rings. The molecular weight excluding hydrogens is 254 g/mol. The van der Waals surface area contributed by atoms with Crippen LogP contribution < -0.4 is 5.32 Å². The number of esters is 1. The van der Waals surface area contributed by atoms with E-state index in [4.69, 9.17) is 4.74 Å². The summed E-state index contributed by atoms with van der Waals surface area (Å²) < 4.78 is 5.07. The molecule has 4 nitrogen and oxygen atoms in total. The minimum atomic E-state index is -0.257. The molecule has 0 saturated heterocycles. The number of hydrogen-bond acceptors (Lipinski definition) is 3. The van der Waals surface area contributed by atoms with Gasteiger partial charge in [0.25, 0.3) is 5.91 Å². The summed E-state index contributed by atoms with van der Waals surface area (Å²) >= 11 is 0. The second-order valence-electron chi connectivity index (χ2n) is 5.29. The average Bonchev–Trinajstić information content (AvgIpc) is 3.00. The summed E-state index contributed by atoms with van der Waals surface area (Å²) in [5, 5.41) is 2.83. The van der Waals surface area contributed by atoms with E-state index in [1.165, 1.54) is 0 Å². The third kappa shape index (κ3) is 4.08. The molecular formula is C16H21NO3. The molecule has 1 N–H and O–H groups in total. The first-order valence-electron chi connectivity index (χ1n) is 7.18. The van der Waals surface area contributed by atoms with Gasteiger partial charge >= 0.3 is 5.97 Å². The van der Waals surface area contributed by atoms with Gasteiger partial charge in [-0.05, 0) is 25.3 Å². The normalized spacial score (nSPS) is 16.6. The number of nitrogens with one attached hydrogen (secondary N) is 1. The van der Waals surface area contributed by atoms with Crippen molar-refractivity contribution in [3.8, 4) is 0 Å².